The second-order valence-corrected chi connectivity index (χ2v) is 6.65. The summed E-state index contributed by atoms with van der Waals surface area (Å²) in [5.41, 5.74) is 2.22. The van der Waals surface area contributed by atoms with E-state index >= 15 is 0 Å². The molecule has 0 radical (unpaired) electrons. The zero-order valence-corrected chi connectivity index (χ0v) is 14.6. The van der Waals surface area contributed by atoms with Gasteiger partial charge in [-0.1, -0.05) is 17.7 Å². The quantitative estimate of drug-likeness (QED) is 0.489. The summed E-state index contributed by atoms with van der Waals surface area (Å²) in [6, 6.07) is 11.4. The predicted molar refractivity (Wildman–Crippen MR) is 100 cm³/mol. The lowest BCUT2D eigenvalue weighted by Crippen LogP contribution is -2.19. The van der Waals surface area contributed by atoms with Crippen LogP contribution in [-0.4, -0.2) is 16.0 Å². The van der Waals surface area contributed by atoms with Gasteiger partial charge in [-0.15, -0.1) is 0 Å². The zero-order chi connectivity index (χ0) is 18.0. The number of nitro groups is 1. The minimum absolute atomic E-state index is 0.00404. The van der Waals surface area contributed by atoms with Crippen molar-refractivity contribution in [3.05, 3.63) is 73.6 Å². The van der Waals surface area contributed by atoms with Crippen LogP contribution in [0.2, 0.25) is 5.02 Å². The molecule has 0 aromatic heterocycles. The minimum Gasteiger partial charge on any atom is -0.300 e. The number of thioether (sulfide) groups is 1. The highest BCUT2D eigenvalue weighted by molar-refractivity contribution is 8.18. The third-order valence-corrected chi connectivity index (χ3v) is 4.83. The molecule has 8 heteroatoms. The van der Waals surface area contributed by atoms with Gasteiger partial charge in [0, 0.05) is 17.2 Å². The summed E-state index contributed by atoms with van der Waals surface area (Å²) in [6.45, 7) is 1.86. The van der Waals surface area contributed by atoms with E-state index in [0.717, 1.165) is 5.56 Å². The highest BCUT2D eigenvalue weighted by Crippen LogP contribution is 2.31. The van der Waals surface area contributed by atoms with Crippen LogP contribution in [0.3, 0.4) is 0 Å². The zero-order valence-electron chi connectivity index (χ0n) is 13.0. The van der Waals surface area contributed by atoms with Gasteiger partial charge >= 0.3 is 0 Å². The van der Waals surface area contributed by atoms with E-state index in [1.165, 1.54) is 23.9 Å². The van der Waals surface area contributed by atoms with Gasteiger partial charge in [-0.25, -0.2) is 4.99 Å². The molecule has 126 valence electrons. The van der Waals surface area contributed by atoms with E-state index < -0.39 is 4.92 Å². The molecule has 25 heavy (non-hydrogen) atoms. The van der Waals surface area contributed by atoms with E-state index in [0.29, 0.717) is 26.3 Å². The number of rotatable bonds is 3. The first-order valence-corrected chi connectivity index (χ1v) is 8.42. The average molecular weight is 374 g/mol. The van der Waals surface area contributed by atoms with Gasteiger partial charge in [-0.05, 0) is 60.2 Å². The Labute approximate surface area is 152 Å². The van der Waals surface area contributed by atoms with Crippen LogP contribution in [0, 0.1) is 17.0 Å². The lowest BCUT2D eigenvalue weighted by Gasteiger charge is -2.02. The fourth-order valence-electron chi connectivity index (χ4n) is 2.15. The summed E-state index contributed by atoms with van der Waals surface area (Å²) in [5, 5.41) is 14.4. The number of halogens is 1. The molecule has 1 saturated heterocycles. The van der Waals surface area contributed by atoms with Gasteiger partial charge in [0.2, 0.25) is 0 Å². The molecule has 2 aromatic carbocycles. The summed E-state index contributed by atoms with van der Waals surface area (Å²) in [5.74, 6) is -0.262. The van der Waals surface area contributed by atoms with Gasteiger partial charge < -0.3 is 5.32 Å². The third-order valence-electron chi connectivity index (χ3n) is 3.51. The Hall–Kier alpha value is -2.64. The molecular weight excluding hydrogens is 362 g/mol. The molecule has 3 rings (SSSR count). The number of aliphatic imine (C=N–C) groups is 1. The lowest BCUT2D eigenvalue weighted by atomic mass is 10.2. The Balaban J connectivity index is 1.83. The highest BCUT2D eigenvalue weighted by atomic mass is 35.5. The number of carbonyl (C=O) groups is 1. The smallest absolute Gasteiger partial charge is 0.269 e. The van der Waals surface area contributed by atoms with E-state index in [4.69, 9.17) is 11.6 Å². The van der Waals surface area contributed by atoms with Crippen LogP contribution in [0.1, 0.15) is 11.1 Å². The molecule has 0 atom stereocenters. The molecular formula is C17H12ClN3O3S. The van der Waals surface area contributed by atoms with E-state index in [1.807, 2.05) is 13.0 Å². The van der Waals surface area contributed by atoms with Crippen molar-refractivity contribution in [1.29, 1.82) is 0 Å². The van der Waals surface area contributed by atoms with Gasteiger partial charge in [0.05, 0.1) is 15.5 Å². The molecule has 1 fully saturated rings. The van der Waals surface area contributed by atoms with E-state index in [-0.39, 0.29) is 11.6 Å². The monoisotopic (exact) mass is 373 g/mol. The molecule has 0 bridgehead atoms. The molecule has 0 spiro atoms. The minimum atomic E-state index is -0.466. The van der Waals surface area contributed by atoms with Crippen molar-refractivity contribution in [2.75, 3.05) is 0 Å². The Kier molecular flexibility index (Phi) is 4.87. The van der Waals surface area contributed by atoms with E-state index in [1.54, 1.807) is 30.3 Å². The summed E-state index contributed by atoms with van der Waals surface area (Å²) < 4.78 is 0. The number of non-ortho nitro benzene ring substituents is 1. The van der Waals surface area contributed by atoms with Crippen LogP contribution in [-0.2, 0) is 4.79 Å². The van der Waals surface area contributed by atoms with Gasteiger partial charge in [-0.2, -0.15) is 0 Å². The first kappa shape index (κ1) is 17.2. The molecule has 0 unspecified atom stereocenters. The molecule has 1 aliphatic rings. The Bertz CT molecular complexity index is 923. The Morgan fingerprint density at radius 3 is 2.64 bits per heavy atom. The van der Waals surface area contributed by atoms with Crippen LogP contribution in [0.4, 0.5) is 11.4 Å². The number of nitrogens with one attached hydrogen (secondary N) is 1. The van der Waals surface area contributed by atoms with Crippen molar-refractivity contribution in [2.45, 2.75) is 6.92 Å². The summed E-state index contributed by atoms with van der Waals surface area (Å²) >= 11 is 7.28. The summed E-state index contributed by atoms with van der Waals surface area (Å²) in [6.07, 6.45) is 1.66. The number of nitrogens with zero attached hydrogens (tertiary/aromatic N) is 2. The second kappa shape index (κ2) is 7.08. The number of hydrogen-bond donors (Lipinski definition) is 1. The van der Waals surface area contributed by atoms with Crippen LogP contribution >= 0.6 is 23.4 Å². The summed E-state index contributed by atoms with van der Waals surface area (Å²) in [4.78, 5) is 27.2. The summed E-state index contributed by atoms with van der Waals surface area (Å²) in [7, 11) is 0. The fraction of sp³-hybridized carbons (Fsp3) is 0.0588. The van der Waals surface area contributed by atoms with Crippen LogP contribution in [0.15, 0.2) is 52.4 Å². The standard InChI is InChI=1S/C17H12ClN3O3S/c1-10-13(18)3-2-4-14(10)19-17-20-16(22)15(25-17)9-11-5-7-12(8-6-11)21(23)24/h2-9H,1H3,(H,19,20,22)/b15-9+. The number of amides is 1. The second-order valence-electron chi connectivity index (χ2n) is 5.21. The molecule has 1 aliphatic heterocycles. The molecule has 1 heterocycles. The van der Waals surface area contributed by atoms with Crippen molar-refractivity contribution in [2.24, 2.45) is 4.99 Å². The number of carbonyl (C=O) groups excluding carboxylic acids is 1. The topological polar surface area (TPSA) is 84.6 Å². The normalized spacial score (nSPS) is 17.1. The molecule has 2 aromatic rings. The maximum atomic E-state index is 12.1. The van der Waals surface area contributed by atoms with Crippen LogP contribution < -0.4 is 5.32 Å². The first-order chi connectivity index (χ1) is 11.9. The maximum absolute atomic E-state index is 12.1. The van der Waals surface area contributed by atoms with Crippen molar-refractivity contribution in [3.8, 4) is 0 Å². The molecule has 6 nitrogen and oxygen atoms in total. The first-order valence-electron chi connectivity index (χ1n) is 7.23. The van der Waals surface area contributed by atoms with Crippen molar-refractivity contribution in [3.63, 3.8) is 0 Å². The highest BCUT2D eigenvalue weighted by Gasteiger charge is 2.24. The predicted octanol–water partition coefficient (Wildman–Crippen LogP) is 4.45. The molecule has 0 aliphatic carbocycles. The molecule has 1 N–H and O–H groups in total. The number of nitro benzene ring substituents is 1. The van der Waals surface area contributed by atoms with Crippen molar-refractivity contribution >= 4 is 51.9 Å². The SMILES string of the molecule is Cc1c(Cl)cccc1N=C1NC(=O)/C(=C\c2ccc([N+](=O)[O-])cc2)S1. The van der Waals surface area contributed by atoms with E-state index in [9.17, 15) is 14.9 Å². The largest absolute Gasteiger partial charge is 0.300 e. The third kappa shape index (κ3) is 3.89. The number of benzene rings is 2. The van der Waals surface area contributed by atoms with E-state index in [2.05, 4.69) is 10.3 Å². The van der Waals surface area contributed by atoms with Crippen molar-refractivity contribution in [1.82, 2.24) is 5.32 Å². The lowest BCUT2D eigenvalue weighted by molar-refractivity contribution is -0.384. The van der Waals surface area contributed by atoms with Crippen LogP contribution in [0.25, 0.3) is 6.08 Å². The fourth-order valence-corrected chi connectivity index (χ4v) is 3.16. The van der Waals surface area contributed by atoms with Crippen LogP contribution in [0.5, 0.6) is 0 Å². The van der Waals surface area contributed by atoms with Gasteiger partial charge in [0.1, 0.15) is 0 Å². The molecule has 1 amide bonds. The van der Waals surface area contributed by atoms with Gasteiger partial charge in [0.25, 0.3) is 11.6 Å². The molecule has 0 saturated carbocycles. The Morgan fingerprint density at radius 1 is 1.24 bits per heavy atom. The number of hydrogen-bond acceptors (Lipinski definition) is 5. The van der Waals surface area contributed by atoms with Gasteiger partial charge in [-0.3, -0.25) is 14.9 Å². The van der Waals surface area contributed by atoms with Crippen molar-refractivity contribution < 1.29 is 9.72 Å². The van der Waals surface area contributed by atoms with Gasteiger partial charge in [0.15, 0.2) is 5.17 Å². The maximum Gasteiger partial charge on any atom is 0.269 e. The average Bonchev–Trinajstić information content (AvgIpc) is 2.92. The number of amidine groups is 1. The Morgan fingerprint density at radius 2 is 1.96 bits per heavy atom.